The van der Waals surface area contributed by atoms with E-state index in [2.05, 4.69) is 0 Å². The molecule has 0 aliphatic heterocycles. The Bertz CT molecular complexity index is 261. The van der Waals surface area contributed by atoms with Crippen molar-refractivity contribution in [1.82, 2.24) is 0 Å². The lowest BCUT2D eigenvalue weighted by Gasteiger charge is -1.88. The topological polar surface area (TPSA) is 63.3 Å². The van der Waals surface area contributed by atoms with Gasteiger partial charge in [-0.15, -0.1) is 0 Å². The zero-order chi connectivity index (χ0) is 10.3. The molecule has 5 heteroatoms. The van der Waals surface area contributed by atoms with Crippen molar-refractivity contribution in [2.24, 2.45) is 0 Å². The van der Waals surface area contributed by atoms with Gasteiger partial charge in [0.05, 0.1) is 0 Å². The van der Waals surface area contributed by atoms with Gasteiger partial charge in [-0.3, -0.25) is 0 Å². The molecule has 72 valence electrons. The Balaban J connectivity index is 0.000000252. The van der Waals surface area contributed by atoms with Crippen molar-refractivity contribution < 1.29 is 18.7 Å². The highest BCUT2D eigenvalue weighted by atomic mass is 19.1. The number of carbonyl (C=O) groups is 1. The van der Waals surface area contributed by atoms with E-state index >= 15 is 0 Å². The fourth-order valence-corrected chi connectivity index (χ4v) is 0.507. The van der Waals surface area contributed by atoms with E-state index in [4.69, 9.17) is 15.6 Å². The summed E-state index contributed by atoms with van der Waals surface area (Å²) in [6, 6.07) is 5.85. The van der Waals surface area contributed by atoms with Crippen LogP contribution >= 0.6 is 0 Å². The van der Waals surface area contributed by atoms with Crippen LogP contribution < -0.4 is 5.73 Å². The highest BCUT2D eigenvalue weighted by Crippen LogP contribution is 2.02. The molecule has 0 saturated heterocycles. The summed E-state index contributed by atoms with van der Waals surface area (Å²) in [5, 5.41) is 7.35. The van der Waals surface area contributed by atoms with Crippen LogP contribution in [0.5, 0.6) is 0 Å². The molecule has 0 aliphatic carbocycles. The Labute approximate surface area is 73.8 Å². The zero-order valence-corrected chi connectivity index (χ0v) is 6.71. The predicted octanol–water partition coefficient (Wildman–Crippen LogP) is 1.45. The van der Waals surface area contributed by atoms with Crippen LogP contribution in [0.4, 0.5) is 14.5 Å². The first kappa shape index (κ1) is 11.4. The quantitative estimate of drug-likeness (QED) is 0.657. The van der Waals surface area contributed by atoms with E-state index in [0.717, 1.165) is 0 Å². The van der Waals surface area contributed by atoms with E-state index in [-0.39, 0.29) is 5.82 Å². The second-order valence-corrected chi connectivity index (χ2v) is 2.08. The molecule has 1 aromatic rings. The molecule has 0 heterocycles. The number of anilines is 1. The molecule has 0 amide bonds. The van der Waals surface area contributed by atoms with Gasteiger partial charge in [-0.05, 0) is 18.2 Å². The largest absolute Gasteiger partial charge is 0.479 e. The maximum Gasteiger partial charge on any atom is 0.335 e. The lowest BCUT2D eigenvalue weighted by Crippen LogP contribution is -1.93. The molecule has 1 aromatic carbocycles. The monoisotopic (exact) mass is 189 g/mol. The standard InChI is InChI=1S/C6H6FN.C2H3FO2/c7-5-2-1-3-6(8)4-5;3-1-2(4)5/h1-4H,8H2;1H2,(H,4,5). The summed E-state index contributed by atoms with van der Waals surface area (Å²) >= 11 is 0. The molecule has 0 saturated carbocycles. The second kappa shape index (κ2) is 5.93. The molecule has 0 radical (unpaired) electrons. The molecule has 1 rings (SSSR count). The van der Waals surface area contributed by atoms with Crippen LogP contribution in [0.2, 0.25) is 0 Å². The Kier molecular flexibility index (Phi) is 5.18. The Morgan fingerprint density at radius 1 is 1.54 bits per heavy atom. The summed E-state index contributed by atoms with van der Waals surface area (Å²) < 4.78 is 22.6. The first-order chi connectivity index (χ1) is 6.06. The number of halogens is 2. The number of nitrogens with two attached hydrogens (primary N) is 1. The Morgan fingerprint density at radius 3 is 2.31 bits per heavy atom. The second-order valence-electron chi connectivity index (χ2n) is 2.08. The first-order valence-electron chi connectivity index (χ1n) is 3.35. The number of benzene rings is 1. The van der Waals surface area contributed by atoms with Gasteiger partial charge in [0.2, 0.25) is 0 Å². The SMILES string of the molecule is Nc1cccc(F)c1.O=C(O)CF. The van der Waals surface area contributed by atoms with E-state index in [1.54, 1.807) is 12.1 Å². The summed E-state index contributed by atoms with van der Waals surface area (Å²) in [5.41, 5.74) is 5.68. The highest BCUT2D eigenvalue weighted by molar-refractivity contribution is 5.67. The van der Waals surface area contributed by atoms with Crippen molar-refractivity contribution >= 4 is 11.7 Å². The van der Waals surface area contributed by atoms with Gasteiger partial charge >= 0.3 is 5.97 Å². The van der Waals surface area contributed by atoms with Crippen molar-refractivity contribution in [3.05, 3.63) is 30.1 Å². The van der Waals surface area contributed by atoms with Gasteiger partial charge in [-0.2, -0.15) is 0 Å². The summed E-state index contributed by atoms with van der Waals surface area (Å²) in [4.78, 5) is 8.99. The van der Waals surface area contributed by atoms with Crippen molar-refractivity contribution in [1.29, 1.82) is 0 Å². The van der Waals surface area contributed by atoms with Crippen molar-refractivity contribution in [3.8, 4) is 0 Å². The van der Waals surface area contributed by atoms with Crippen molar-refractivity contribution in [2.75, 3.05) is 12.4 Å². The van der Waals surface area contributed by atoms with Crippen LogP contribution in [0.25, 0.3) is 0 Å². The third-order valence-corrected chi connectivity index (χ3v) is 0.963. The number of carboxylic acid groups (broad SMARTS) is 1. The normalized spacial score (nSPS) is 8.46. The lowest BCUT2D eigenvalue weighted by atomic mass is 10.3. The van der Waals surface area contributed by atoms with Gasteiger partial charge in [-0.25, -0.2) is 13.6 Å². The van der Waals surface area contributed by atoms with Gasteiger partial charge in [0, 0.05) is 5.69 Å². The van der Waals surface area contributed by atoms with Crippen LogP contribution in [0, 0.1) is 5.82 Å². The van der Waals surface area contributed by atoms with Gasteiger partial charge in [0.1, 0.15) is 5.82 Å². The summed E-state index contributed by atoms with van der Waals surface area (Å²) in [6.07, 6.45) is 0. The number of hydrogen-bond donors (Lipinski definition) is 2. The van der Waals surface area contributed by atoms with Crippen molar-refractivity contribution in [2.45, 2.75) is 0 Å². The van der Waals surface area contributed by atoms with E-state index in [1.165, 1.54) is 12.1 Å². The maximum absolute atomic E-state index is 12.1. The highest BCUT2D eigenvalue weighted by Gasteiger charge is 1.85. The molecule has 13 heavy (non-hydrogen) atoms. The molecule has 0 atom stereocenters. The van der Waals surface area contributed by atoms with Crippen LogP contribution in [0.1, 0.15) is 0 Å². The zero-order valence-electron chi connectivity index (χ0n) is 6.71. The van der Waals surface area contributed by atoms with E-state index in [1.807, 2.05) is 0 Å². The number of nitrogen functional groups attached to an aromatic ring is 1. The number of alkyl halides is 1. The molecular weight excluding hydrogens is 180 g/mol. The van der Waals surface area contributed by atoms with Gasteiger partial charge in [0.15, 0.2) is 6.67 Å². The van der Waals surface area contributed by atoms with E-state index < -0.39 is 12.6 Å². The first-order valence-corrected chi connectivity index (χ1v) is 3.35. The minimum absolute atomic E-state index is 0.287. The molecule has 0 unspecified atom stereocenters. The maximum atomic E-state index is 12.1. The minimum Gasteiger partial charge on any atom is -0.479 e. The molecule has 3 nitrogen and oxygen atoms in total. The Morgan fingerprint density at radius 2 is 2.08 bits per heavy atom. The van der Waals surface area contributed by atoms with Gasteiger partial charge in [0.25, 0.3) is 0 Å². The average molecular weight is 189 g/mol. The molecular formula is C8H9F2NO2. The van der Waals surface area contributed by atoms with Crippen LogP contribution in [-0.4, -0.2) is 17.8 Å². The summed E-state index contributed by atoms with van der Waals surface area (Å²) in [7, 11) is 0. The molecule has 0 spiro atoms. The third kappa shape index (κ3) is 6.74. The summed E-state index contributed by atoms with van der Waals surface area (Å²) in [5.74, 6) is -1.70. The van der Waals surface area contributed by atoms with Crippen LogP contribution in [0.3, 0.4) is 0 Å². The minimum atomic E-state index is -1.41. The van der Waals surface area contributed by atoms with Crippen LogP contribution in [0.15, 0.2) is 24.3 Å². The van der Waals surface area contributed by atoms with E-state index in [9.17, 15) is 8.78 Å². The fraction of sp³-hybridized carbons (Fsp3) is 0.125. The lowest BCUT2D eigenvalue weighted by molar-refractivity contribution is -0.137. The van der Waals surface area contributed by atoms with E-state index in [0.29, 0.717) is 5.69 Å². The van der Waals surface area contributed by atoms with Gasteiger partial charge < -0.3 is 10.8 Å². The molecule has 0 aliphatic rings. The molecule has 0 fully saturated rings. The fourth-order valence-electron chi connectivity index (χ4n) is 0.507. The van der Waals surface area contributed by atoms with Crippen molar-refractivity contribution in [3.63, 3.8) is 0 Å². The average Bonchev–Trinajstić information content (AvgIpc) is 2.05. The third-order valence-electron chi connectivity index (χ3n) is 0.963. The number of rotatable bonds is 1. The smallest absolute Gasteiger partial charge is 0.335 e. The summed E-state index contributed by atoms with van der Waals surface area (Å²) in [6.45, 7) is -1.28. The predicted molar refractivity (Wildman–Crippen MR) is 44.4 cm³/mol. The Hall–Kier alpha value is -1.65. The number of carboxylic acids is 1. The molecule has 0 bridgehead atoms. The van der Waals surface area contributed by atoms with Crippen LogP contribution in [-0.2, 0) is 4.79 Å². The van der Waals surface area contributed by atoms with Gasteiger partial charge in [-0.1, -0.05) is 6.07 Å². The molecule has 0 aromatic heterocycles. The number of hydrogen-bond acceptors (Lipinski definition) is 2. The molecule has 3 N–H and O–H groups in total. The number of aliphatic carboxylic acids is 1.